The molecule has 0 N–H and O–H groups in total. The maximum atomic E-state index is 5.71. The summed E-state index contributed by atoms with van der Waals surface area (Å²) in [7, 11) is 0.362. The van der Waals surface area contributed by atoms with Crippen LogP contribution in [0.25, 0.3) is 0 Å². The number of rotatable bonds is 11. The summed E-state index contributed by atoms with van der Waals surface area (Å²) in [5, 5.41) is 1.07. The van der Waals surface area contributed by atoms with E-state index in [2.05, 4.69) is 19.7 Å². The molecule has 0 saturated heterocycles. The van der Waals surface area contributed by atoms with Gasteiger partial charge < -0.3 is 26.6 Å². The summed E-state index contributed by atoms with van der Waals surface area (Å²) in [4.78, 5) is 1.52. The van der Waals surface area contributed by atoms with Crippen LogP contribution < -0.4 is 5.19 Å². The summed E-state index contributed by atoms with van der Waals surface area (Å²) in [6.45, 7) is 10.9. The molecule has 6 nitrogen and oxygen atoms in total. The van der Waals surface area contributed by atoms with Gasteiger partial charge in [0.05, 0.1) is 0 Å². The van der Waals surface area contributed by atoms with E-state index in [1.54, 1.807) is 42.7 Å². The minimum Gasteiger partial charge on any atom is -0.374 e. The lowest BCUT2D eigenvalue weighted by atomic mass is 10.4. The van der Waals surface area contributed by atoms with E-state index in [9.17, 15) is 0 Å². The first-order valence-electron chi connectivity index (χ1n) is 8.04. The molecule has 0 heterocycles. The zero-order valence-electron chi connectivity index (χ0n) is 16.8. The van der Waals surface area contributed by atoms with Gasteiger partial charge in [-0.05, 0) is 9.64 Å². The first kappa shape index (κ1) is 23.2. The van der Waals surface area contributed by atoms with Crippen LogP contribution in [0.3, 0.4) is 0 Å². The second-order valence-electron chi connectivity index (χ2n) is 5.79. The van der Waals surface area contributed by atoms with Gasteiger partial charge in [0.15, 0.2) is 0 Å². The summed E-state index contributed by atoms with van der Waals surface area (Å²) < 4.78 is 34.3. The first-order valence-corrected chi connectivity index (χ1v) is 14.0. The van der Waals surface area contributed by atoms with E-state index in [0.29, 0.717) is 0 Å². The summed E-state index contributed by atoms with van der Waals surface area (Å²) in [5.41, 5.74) is 0. The predicted octanol–water partition coefficient (Wildman–Crippen LogP) is 2.00. The van der Waals surface area contributed by atoms with Crippen molar-refractivity contribution < 1.29 is 26.6 Å². The number of hydrogen-bond donors (Lipinski definition) is 0. The van der Waals surface area contributed by atoms with Crippen molar-refractivity contribution >= 4 is 30.9 Å². The summed E-state index contributed by atoms with van der Waals surface area (Å²) in [6.07, 6.45) is 0. The van der Waals surface area contributed by atoms with Gasteiger partial charge in [0.25, 0.3) is 0 Å². The van der Waals surface area contributed by atoms with Crippen LogP contribution in [0.5, 0.6) is 0 Å². The van der Waals surface area contributed by atoms with Crippen molar-refractivity contribution in [2.45, 2.75) is 6.55 Å². The lowest BCUT2D eigenvalue weighted by Gasteiger charge is -2.42. The average Bonchev–Trinajstić information content (AvgIpc) is 2.71. The van der Waals surface area contributed by atoms with E-state index < -0.39 is 25.7 Å². The molecule has 0 aliphatic heterocycles. The molecule has 0 fully saturated rings. The van der Waals surface area contributed by atoms with Gasteiger partial charge in [0.2, 0.25) is 0 Å². The van der Waals surface area contributed by atoms with E-state index in [1.807, 2.05) is 30.3 Å². The lowest BCUT2D eigenvalue weighted by molar-refractivity contribution is 0.135. The van der Waals surface area contributed by atoms with Gasteiger partial charge in [-0.2, -0.15) is 0 Å². The number of hydrogen-bond acceptors (Lipinski definition) is 6. The second kappa shape index (κ2) is 9.35. The van der Waals surface area contributed by atoms with Crippen LogP contribution in [-0.2, 0) is 26.6 Å². The molecule has 26 heavy (non-hydrogen) atoms. The van der Waals surface area contributed by atoms with E-state index in [-0.39, 0.29) is 0 Å². The van der Waals surface area contributed by atoms with Gasteiger partial charge in [-0.1, -0.05) is 55.2 Å². The summed E-state index contributed by atoms with van der Waals surface area (Å²) in [6, 6.07) is 10.0. The highest BCUT2D eigenvalue weighted by Gasteiger charge is 2.59. The molecule has 0 atom stereocenters. The van der Waals surface area contributed by atoms with Crippen LogP contribution >= 0.6 is 0 Å². The van der Waals surface area contributed by atoms with E-state index in [4.69, 9.17) is 26.6 Å². The largest absolute Gasteiger partial charge is 0.528 e. The Morgan fingerprint density at radius 1 is 0.654 bits per heavy atom. The first-order chi connectivity index (χ1) is 12.3. The SMILES string of the molecule is C=C([Si](OC)(OC)OC)[Si](C)(C(=C)[Si](OC)(OC)OC)c1ccccc1. The van der Waals surface area contributed by atoms with Crippen molar-refractivity contribution in [1.29, 1.82) is 0 Å². The molecule has 1 aromatic rings. The predicted molar refractivity (Wildman–Crippen MR) is 110 cm³/mol. The van der Waals surface area contributed by atoms with Gasteiger partial charge in [-0.15, -0.1) is 0 Å². The normalized spacial score (nSPS) is 12.9. The molecule has 0 aromatic heterocycles. The van der Waals surface area contributed by atoms with E-state index in [0.717, 1.165) is 14.8 Å². The lowest BCUT2D eigenvalue weighted by Crippen LogP contribution is -2.66. The smallest absolute Gasteiger partial charge is 0.374 e. The molecule has 0 amide bonds. The van der Waals surface area contributed by atoms with Crippen molar-refractivity contribution in [3.05, 3.63) is 53.1 Å². The highest BCUT2D eigenvalue weighted by molar-refractivity contribution is 7.18. The molecular weight excluding hydrogens is 384 g/mol. The second-order valence-corrected chi connectivity index (χ2v) is 16.7. The third kappa shape index (κ3) is 3.72. The molecule has 9 heteroatoms. The fraction of sp³-hybridized carbons (Fsp3) is 0.412. The van der Waals surface area contributed by atoms with Crippen molar-refractivity contribution in [3.8, 4) is 0 Å². The Labute approximate surface area is 160 Å². The Bertz CT molecular complexity index is 566. The average molecular weight is 415 g/mol. The maximum absolute atomic E-state index is 5.71. The summed E-state index contributed by atoms with van der Waals surface area (Å²) in [5.74, 6) is 0. The van der Waals surface area contributed by atoms with E-state index >= 15 is 0 Å². The third-order valence-corrected chi connectivity index (χ3v) is 18.4. The molecule has 0 unspecified atom stereocenters. The van der Waals surface area contributed by atoms with Gasteiger partial charge in [-0.25, -0.2) is 0 Å². The van der Waals surface area contributed by atoms with Crippen molar-refractivity contribution in [3.63, 3.8) is 0 Å². The Morgan fingerprint density at radius 2 is 0.962 bits per heavy atom. The molecule has 0 bridgehead atoms. The maximum Gasteiger partial charge on any atom is 0.528 e. The Morgan fingerprint density at radius 3 is 1.23 bits per heavy atom. The molecule has 0 aliphatic rings. The fourth-order valence-corrected chi connectivity index (χ4v) is 16.4. The molecule has 0 saturated carbocycles. The topological polar surface area (TPSA) is 55.4 Å². The molecule has 146 valence electrons. The summed E-state index contributed by atoms with van der Waals surface area (Å²) >= 11 is 0. The Hall–Kier alpha value is -0.889. The Kier molecular flexibility index (Phi) is 8.33. The zero-order chi connectivity index (χ0) is 20.0. The molecule has 0 aliphatic carbocycles. The zero-order valence-corrected chi connectivity index (χ0v) is 19.8. The molecule has 0 spiro atoms. The van der Waals surface area contributed by atoms with Gasteiger partial charge in [0, 0.05) is 42.7 Å². The highest BCUT2D eigenvalue weighted by atomic mass is 28.5. The minimum absolute atomic E-state index is 0.761. The van der Waals surface area contributed by atoms with Crippen LogP contribution in [0.2, 0.25) is 6.55 Å². The highest BCUT2D eigenvalue weighted by Crippen LogP contribution is 2.35. The molecule has 1 aromatic carbocycles. The third-order valence-electron chi connectivity index (χ3n) is 4.91. The monoisotopic (exact) mass is 414 g/mol. The van der Waals surface area contributed by atoms with Gasteiger partial charge in [0.1, 0.15) is 8.07 Å². The van der Waals surface area contributed by atoms with Gasteiger partial charge in [-0.3, -0.25) is 0 Å². The van der Waals surface area contributed by atoms with Crippen molar-refractivity contribution in [1.82, 2.24) is 0 Å². The molecule has 0 radical (unpaired) electrons. The standard InChI is InChI=1S/C17H30O6Si3/c1-15(25(18-3,19-4)20-5)24(9,17-13-11-10-12-14-17)16(2)26(21-6,22-7)23-8/h10-14H,1-2H2,3-9H3. The fourth-order valence-electron chi connectivity index (χ4n) is 3.15. The van der Waals surface area contributed by atoms with Crippen LogP contribution in [0, 0.1) is 0 Å². The minimum atomic E-state index is -3.16. The van der Waals surface area contributed by atoms with E-state index in [1.165, 1.54) is 0 Å². The quantitative estimate of drug-likeness (QED) is 0.516. The van der Waals surface area contributed by atoms with Gasteiger partial charge >= 0.3 is 17.6 Å². The molecule has 1 rings (SSSR count). The van der Waals surface area contributed by atoms with Crippen molar-refractivity contribution in [2.24, 2.45) is 0 Å². The van der Waals surface area contributed by atoms with Crippen LogP contribution in [0.4, 0.5) is 0 Å². The van der Waals surface area contributed by atoms with Crippen molar-refractivity contribution in [2.75, 3.05) is 42.7 Å². The van der Waals surface area contributed by atoms with Crippen LogP contribution in [-0.4, -0.2) is 68.3 Å². The Balaban J connectivity index is 3.71. The number of benzene rings is 1. The van der Waals surface area contributed by atoms with Crippen LogP contribution in [0.15, 0.2) is 53.1 Å². The van der Waals surface area contributed by atoms with Crippen LogP contribution in [0.1, 0.15) is 0 Å². The molecular formula is C17H30O6Si3.